The average Bonchev–Trinajstić information content (AvgIpc) is 2.16. The summed E-state index contributed by atoms with van der Waals surface area (Å²) in [5.41, 5.74) is 0. The van der Waals surface area contributed by atoms with E-state index >= 15 is 0 Å². The van der Waals surface area contributed by atoms with Gasteiger partial charge in [-0.05, 0) is 18.2 Å². The lowest BCUT2D eigenvalue weighted by molar-refractivity contribution is -0.305. The normalized spacial score (nSPS) is 11.3. The van der Waals surface area contributed by atoms with E-state index in [0.717, 1.165) is 0 Å². The minimum absolute atomic E-state index is 0.00153. The lowest BCUT2D eigenvalue weighted by Gasteiger charge is -2.07. The van der Waals surface area contributed by atoms with Gasteiger partial charge < -0.3 is 9.90 Å². The number of hydrogen-bond acceptors (Lipinski definition) is 4. The van der Waals surface area contributed by atoms with Gasteiger partial charge in [0.25, 0.3) is 0 Å². The van der Waals surface area contributed by atoms with Crippen LogP contribution >= 0.6 is 11.6 Å². The van der Waals surface area contributed by atoms with Crippen molar-refractivity contribution in [2.24, 2.45) is 0 Å². The fraction of sp³-hybridized carbons (Fsp3) is 0.222. The molecule has 0 aliphatic heterocycles. The van der Waals surface area contributed by atoms with Gasteiger partial charge in [-0.15, -0.1) is 0 Å². The summed E-state index contributed by atoms with van der Waals surface area (Å²) in [4.78, 5) is 10.1. The summed E-state index contributed by atoms with van der Waals surface area (Å²) < 4.78 is 25.3. The number of nitrogens with one attached hydrogen (secondary N) is 1. The molecular weight excluding hydrogens is 254 g/mol. The molecule has 1 aromatic rings. The van der Waals surface area contributed by atoms with Crippen molar-refractivity contribution in [1.29, 1.82) is 0 Å². The highest BCUT2D eigenvalue weighted by Gasteiger charge is 2.12. The van der Waals surface area contributed by atoms with Crippen molar-refractivity contribution >= 4 is 27.6 Å². The fourth-order valence-corrected chi connectivity index (χ4v) is 2.34. The number of carboxylic acid groups (broad SMARTS) is 1. The van der Waals surface area contributed by atoms with Crippen molar-refractivity contribution in [3.8, 4) is 0 Å². The molecule has 0 aliphatic rings. The van der Waals surface area contributed by atoms with E-state index in [1.807, 2.05) is 0 Å². The molecule has 0 aliphatic carbocycles. The van der Waals surface area contributed by atoms with E-state index in [2.05, 4.69) is 4.72 Å². The van der Waals surface area contributed by atoms with Gasteiger partial charge >= 0.3 is 0 Å². The number of aliphatic carboxylic acids is 1. The van der Waals surface area contributed by atoms with Gasteiger partial charge in [-0.25, -0.2) is 13.1 Å². The number of halogens is 1. The summed E-state index contributed by atoms with van der Waals surface area (Å²) >= 11 is 5.64. The predicted octanol–water partition coefficient (Wildman–Crippen LogP) is -0.242. The molecule has 16 heavy (non-hydrogen) atoms. The number of rotatable bonds is 5. The lowest BCUT2D eigenvalue weighted by Crippen LogP contribution is -2.31. The van der Waals surface area contributed by atoms with Crippen molar-refractivity contribution < 1.29 is 18.3 Å². The van der Waals surface area contributed by atoms with Crippen LogP contribution in [0.15, 0.2) is 29.2 Å². The second kappa shape index (κ2) is 5.29. The SMILES string of the molecule is O=C([O-])CCNS(=O)(=O)c1cccc(Cl)c1. The van der Waals surface area contributed by atoms with Crippen LogP contribution in [0.2, 0.25) is 5.02 Å². The van der Waals surface area contributed by atoms with E-state index in [0.29, 0.717) is 5.02 Å². The molecule has 0 radical (unpaired) electrons. The molecule has 0 saturated heterocycles. The molecule has 1 aromatic carbocycles. The molecule has 0 atom stereocenters. The summed E-state index contributed by atoms with van der Waals surface area (Å²) in [7, 11) is -3.70. The highest BCUT2D eigenvalue weighted by molar-refractivity contribution is 7.89. The van der Waals surface area contributed by atoms with Gasteiger partial charge in [0.05, 0.1) is 4.90 Å². The summed E-state index contributed by atoms with van der Waals surface area (Å²) in [5.74, 6) is -1.31. The maximum absolute atomic E-state index is 11.6. The fourth-order valence-electron chi connectivity index (χ4n) is 1.00. The number of sulfonamides is 1. The van der Waals surface area contributed by atoms with Crippen molar-refractivity contribution in [3.05, 3.63) is 29.3 Å². The maximum atomic E-state index is 11.6. The van der Waals surface area contributed by atoms with E-state index in [9.17, 15) is 18.3 Å². The molecule has 0 heterocycles. The van der Waals surface area contributed by atoms with Crippen LogP contribution in [0.25, 0.3) is 0 Å². The first kappa shape index (κ1) is 13.0. The van der Waals surface area contributed by atoms with Gasteiger partial charge in [-0.2, -0.15) is 0 Å². The van der Waals surface area contributed by atoms with E-state index in [-0.39, 0.29) is 17.9 Å². The van der Waals surface area contributed by atoms with Gasteiger partial charge in [-0.3, -0.25) is 0 Å². The van der Waals surface area contributed by atoms with Gasteiger partial charge in [0.2, 0.25) is 10.0 Å². The number of carbonyl (C=O) groups excluding carboxylic acids is 1. The number of benzene rings is 1. The molecule has 88 valence electrons. The summed E-state index contributed by atoms with van der Waals surface area (Å²) in [6.07, 6.45) is -0.375. The largest absolute Gasteiger partial charge is 0.550 e. The van der Waals surface area contributed by atoms with Crippen LogP contribution in [0.3, 0.4) is 0 Å². The van der Waals surface area contributed by atoms with Gasteiger partial charge in [0.15, 0.2) is 0 Å². The summed E-state index contributed by atoms with van der Waals surface area (Å²) in [6.45, 7) is -0.211. The first-order chi connectivity index (χ1) is 7.42. The molecule has 0 spiro atoms. The molecule has 0 bridgehead atoms. The maximum Gasteiger partial charge on any atom is 0.240 e. The molecule has 0 fully saturated rings. The van der Waals surface area contributed by atoms with E-state index in [1.165, 1.54) is 18.2 Å². The van der Waals surface area contributed by atoms with Gasteiger partial charge in [0, 0.05) is 24.0 Å². The summed E-state index contributed by atoms with van der Waals surface area (Å²) in [6, 6.07) is 5.69. The third kappa shape index (κ3) is 3.80. The second-order valence-corrected chi connectivity index (χ2v) is 5.18. The monoisotopic (exact) mass is 262 g/mol. The van der Waals surface area contributed by atoms with Crippen molar-refractivity contribution in [3.63, 3.8) is 0 Å². The van der Waals surface area contributed by atoms with E-state index < -0.39 is 16.0 Å². The van der Waals surface area contributed by atoms with Gasteiger partial charge in [0.1, 0.15) is 0 Å². The second-order valence-electron chi connectivity index (χ2n) is 2.98. The Balaban J connectivity index is 2.74. The molecule has 0 amide bonds. The third-order valence-electron chi connectivity index (χ3n) is 1.73. The lowest BCUT2D eigenvalue weighted by atomic mass is 10.4. The van der Waals surface area contributed by atoms with Crippen LogP contribution in [0, 0.1) is 0 Å². The number of carbonyl (C=O) groups is 1. The molecule has 0 saturated carbocycles. The number of carboxylic acids is 1. The highest BCUT2D eigenvalue weighted by atomic mass is 35.5. The minimum Gasteiger partial charge on any atom is -0.550 e. The molecule has 5 nitrogen and oxygen atoms in total. The van der Waals surface area contributed by atoms with Crippen LogP contribution in [-0.4, -0.2) is 20.9 Å². The Kier molecular flexibility index (Phi) is 4.28. The van der Waals surface area contributed by atoms with Crippen molar-refractivity contribution in [2.45, 2.75) is 11.3 Å². The van der Waals surface area contributed by atoms with Gasteiger partial charge in [-0.1, -0.05) is 17.7 Å². The van der Waals surface area contributed by atoms with Crippen LogP contribution < -0.4 is 9.83 Å². The van der Waals surface area contributed by atoms with Crippen LogP contribution in [0.4, 0.5) is 0 Å². The third-order valence-corrected chi connectivity index (χ3v) is 3.42. The zero-order chi connectivity index (χ0) is 12.2. The Labute approximate surface area is 98.1 Å². The zero-order valence-corrected chi connectivity index (χ0v) is 9.72. The van der Waals surface area contributed by atoms with Crippen LogP contribution in [-0.2, 0) is 14.8 Å². The Morgan fingerprint density at radius 2 is 2.12 bits per heavy atom. The van der Waals surface area contributed by atoms with E-state index in [4.69, 9.17) is 11.6 Å². The molecule has 1 rings (SSSR count). The Bertz CT molecular complexity index is 486. The Morgan fingerprint density at radius 3 is 2.69 bits per heavy atom. The van der Waals surface area contributed by atoms with Crippen LogP contribution in [0.5, 0.6) is 0 Å². The molecule has 1 N–H and O–H groups in total. The van der Waals surface area contributed by atoms with Crippen molar-refractivity contribution in [1.82, 2.24) is 4.72 Å². The standard InChI is InChI=1S/C9H10ClNO4S/c10-7-2-1-3-8(6-7)16(14,15)11-5-4-9(12)13/h1-3,6,11H,4-5H2,(H,12,13)/p-1. The average molecular weight is 263 g/mol. The number of hydrogen-bond donors (Lipinski definition) is 1. The highest BCUT2D eigenvalue weighted by Crippen LogP contribution is 2.14. The molecular formula is C9H9ClNO4S-. The first-order valence-electron chi connectivity index (χ1n) is 4.37. The topological polar surface area (TPSA) is 86.3 Å². The zero-order valence-electron chi connectivity index (χ0n) is 8.14. The van der Waals surface area contributed by atoms with E-state index in [1.54, 1.807) is 6.07 Å². The predicted molar refractivity (Wildman–Crippen MR) is 56.3 cm³/mol. The summed E-state index contributed by atoms with van der Waals surface area (Å²) in [5, 5.41) is 10.4. The quantitative estimate of drug-likeness (QED) is 0.793. The molecule has 0 unspecified atom stereocenters. The minimum atomic E-state index is -3.70. The molecule has 7 heteroatoms. The van der Waals surface area contributed by atoms with Crippen LogP contribution in [0.1, 0.15) is 6.42 Å². The molecule has 0 aromatic heterocycles. The smallest absolute Gasteiger partial charge is 0.240 e. The Hall–Kier alpha value is -1.11. The van der Waals surface area contributed by atoms with Crippen molar-refractivity contribution in [2.75, 3.05) is 6.54 Å². The first-order valence-corrected chi connectivity index (χ1v) is 6.23. The Morgan fingerprint density at radius 1 is 1.44 bits per heavy atom.